The number of hydrogen-bond acceptors (Lipinski definition) is 3. The molecule has 1 atom stereocenters. The van der Waals surface area contributed by atoms with Gasteiger partial charge in [0.25, 0.3) is 0 Å². The van der Waals surface area contributed by atoms with Crippen LogP contribution in [0.1, 0.15) is 59.7 Å². The van der Waals surface area contributed by atoms with Crippen LogP contribution in [0.4, 0.5) is 0 Å². The largest absolute Gasteiger partial charge is 0.330 e. The number of thiophene rings is 1. The Hall–Kier alpha value is -2.14. The lowest BCUT2D eigenvalue weighted by atomic mass is 9.84. The first-order chi connectivity index (χ1) is 14.1. The van der Waals surface area contributed by atoms with Crippen molar-refractivity contribution in [2.75, 3.05) is 13.1 Å². The van der Waals surface area contributed by atoms with Crippen LogP contribution in [-0.2, 0) is 16.0 Å². The average Bonchev–Trinajstić information content (AvgIpc) is 3.40. The molecule has 2 aliphatic carbocycles. The van der Waals surface area contributed by atoms with E-state index >= 15 is 0 Å². The van der Waals surface area contributed by atoms with E-state index in [0.29, 0.717) is 0 Å². The highest BCUT2D eigenvalue weighted by Crippen LogP contribution is 2.39. The SMILES string of the molecule is Cc1ccc(C2c3ccsc3CCN2C(=O)CN(C(=O)C2CCC2)C2CC2)cc1. The summed E-state index contributed by atoms with van der Waals surface area (Å²) in [6, 6.07) is 10.9. The highest BCUT2D eigenvalue weighted by atomic mass is 32.1. The van der Waals surface area contributed by atoms with Crippen molar-refractivity contribution in [3.63, 3.8) is 0 Å². The Bertz CT molecular complexity index is 911. The maximum atomic E-state index is 13.5. The Morgan fingerprint density at radius 2 is 1.86 bits per heavy atom. The predicted molar refractivity (Wildman–Crippen MR) is 115 cm³/mol. The number of benzene rings is 1. The molecule has 5 rings (SSSR count). The molecule has 152 valence electrons. The third kappa shape index (κ3) is 3.61. The van der Waals surface area contributed by atoms with E-state index in [2.05, 4.69) is 42.6 Å². The Morgan fingerprint density at radius 3 is 2.52 bits per heavy atom. The smallest absolute Gasteiger partial charge is 0.243 e. The standard InChI is InChI=1S/C24H28N2O2S/c1-16-5-7-17(8-6-16)23-20-12-14-29-21(20)11-13-25(23)22(27)15-26(19-9-10-19)24(28)18-3-2-4-18/h5-8,12,14,18-19,23H,2-4,9-11,13,15H2,1H3. The minimum atomic E-state index is -0.0436. The van der Waals surface area contributed by atoms with Crippen molar-refractivity contribution in [3.8, 4) is 0 Å². The number of carbonyl (C=O) groups excluding carboxylic acids is 2. The van der Waals surface area contributed by atoms with Gasteiger partial charge in [-0.15, -0.1) is 11.3 Å². The van der Waals surface area contributed by atoms with Crippen LogP contribution >= 0.6 is 11.3 Å². The molecule has 0 radical (unpaired) electrons. The van der Waals surface area contributed by atoms with Crippen LogP contribution in [0, 0.1) is 12.8 Å². The second kappa shape index (κ2) is 7.60. The van der Waals surface area contributed by atoms with Gasteiger partial charge in [-0.1, -0.05) is 36.2 Å². The monoisotopic (exact) mass is 408 g/mol. The Labute approximate surface area is 176 Å². The Morgan fingerprint density at radius 1 is 1.10 bits per heavy atom. The molecule has 4 nitrogen and oxygen atoms in total. The van der Waals surface area contributed by atoms with Gasteiger partial charge >= 0.3 is 0 Å². The van der Waals surface area contributed by atoms with Gasteiger partial charge in [-0.25, -0.2) is 0 Å². The first-order valence-electron chi connectivity index (χ1n) is 10.8. The fourth-order valence-corrected chi connectivity index (χ4v) is 5.50. The highest BCUT2D eigenvalue weighted by Gasteiger charge is 2.41. The van der Waals surface area contributed by atoms with Crippen molar-refractivity contribution >= 4 is 23.2 Å². The van der Waals surface area contributed by atoms with Crippen molar-refractivity contribution in [2.45, 2.75) is 57.5 Å². The summed E-state index contributed by atoms with van der Waals surface area (Å²) in [6.45, 7) is 3.05. The maximum Gasteiger partial charge on any atom is 0.243 e. The first-order valence-corrected chi connectivity index (χ1v) is 11.7. The van der Waals surface area contributed by atoms with Crippen molar-refractivity contribution in [1.29, 1.82) is 0 Å². The summed E-state index contributed by atoms with van der Waals surface area (Å²) in [5.74, 6) is 0.459. The third-order valence-electron chi connectivity index (χ3n) is 6.71. The summed E-state index contributed by atoms with van der Waals surface area (Å²) in [7, 11) is 0. The van der Waals surface area contributed by atoms with E-state index < -0.39 is 0 Å². The van der Waals surface area contributed by atoms with Crippen molar-refractivity contribution < 1.29 is 9.59 Å². The third-order valence-corrected chi connectivity index (χ3v) is 7.71. The molecular weight excluding hydrogens is 380 g/mol. The number of rotatable bonds is 5. The molecule has 0 saturated heterocycles. The molecule has 1 aliphatic heterocycles. The molecule has 2 saturated carbocycles. The number of carbonyl (C=O) groups is 2. The van der Waals surface area contributed by atoms with Gasteiger partial charge in [0.15, 0.2) is 0 Å². The van der Waals surface area contributed by atoms with E-state index in [1.165, 1.54) is 16.0 Å². The first kappa shape index (κ1) is 18.9. The van der Waals surface area contributed by atoms with Crippen LogP contribution in [0.25, 0.3) is 0 Å². The number of nitrogens with zero attached hydrogens (tertiary/aromatic N) is 2. The zero-order chi connectivity index (χ0) is 20.0. The van der Waals surface area contributed by atoms with Gasteiger partial charge in [0.05, 0.1) is 6.04 Å². The zero-order valence-electron chi connectivity index (χ0n) is 17.0. The molecule has 1 aromatic heterocycles. The Balaban J connectivity index is 1.41. The Kier molecular flexibility index (Phi) is 4.94. The molecule has 1 aromatic carbocycles. The molecule has 1 unspecified atom stereocenters. The van der Waals surface area contributed by atoms with Crippen LogP contribution < -0.4 is 0 Å². The zero-order valence-corrected chi connectivity index (χ0v) is 17.8. The number of fused-ring (bicyclic) bond motifs is 1. The summed E-state index contributed by atoms with van der Waals surface area (Å²) in [6.07, 6.45) is 6.12. The number of hydrogen-bond donors (Lipinski definition) is 0. The summed E-state index contributed by atoms with van der Waals surface area (Å²) in [5, 5.41) is 2.14. The minimum absolute atomic E-state index is 0.0436. The van der Waals surface area contributed by atoms with Crippen LogP contribution in [0.3, 0.4) is 0 Å². The molecule has 2 heterocycles. The molecule has 0 N–H and O–H groups in total. The van der Waals surface area contributed by atoms with Gasteiger partial charge in [-0.3, -0.25) is 9.59 Å². The van der Waals surface area contributed by atoms with Crippen molar-refractivity contribution in [3.05, 3.63) is 57.3 Å². The fraction of sp³-hybridized carbons (Fsp3) is 0.500. The van der Waals surface area contributed by atoms with E-state index in [4.69, 9.17) is 0 Å². The molecule has 2 fully saturated rings. The fourth-order valence-electron chi connectivity index (χ4n) is 4.59. The lowest BCUT2D eigenvalue weighted by Crippen LogP contribution is -2.49. The number of aryl methyl sites for hydroxylation is 1. The average molecular weight is 409 g/mol. The van der Waals surface area contributed by atoms with Crippen LogP contribution in [0.2, 0.25) is 0 Å². The lowest BCUT2D eigenvalue weighted by molar-refractivity contribution is -0.146. The van der Waals surface area contributed by atoms with Crippen LogP contribution in [-0.4, -0.2) is 40.7 Å². The van der Waals surface area contributed by atoms with Crippen LogP contribution in [0.15, 0.2) is 35.7 Å². The molecule has 3 aliphatic rings. The highest BCUT2D eigenvalue weighted by molar-refractivity contribution is 7.10. The van der Waals surface area contributed by atoms with Gasteiger partial charge in [0, 0.05) is 23.4 Å². The summed E-state index contributed by atoms with van der Waals surface area (Å²) >= 11 is 1.79. The molecule has 29 heavy (non-hydrogen) atoms. The summed E-state index contributed by atoms with van der Waals surface area (Å²) < 4.78 is 0. The van der Waals surface area contributed by atoms with Crippen molar-refractivity contribution in [2.24, 2.45) is 5.92 Å². The summed E-state index contributed by atoms with van der Waals surface area (Å²) in [4.78, 5) is 31.7. The molecule has 2 amide bonds. The molecular formula is C24H28N2O2S. The second-order valence-corrected chi connectivity index (χ2v) is 9.78. The van der Waals surface area contributed by atoms with E-state index in [1.54, 1.807) is 11.3 Å². The van der Waals surface area contributed by atoms with E-state index in [-0.39, 0.29) is 36.4 Å². The quantitative estimate of drug-likeness (QED) is 0.739. The van der Waals surface area contributed by atoms with Gasteiger partial charge in [0.2, 0.25) is 11.8 Å². The van der Waals surface area contributed by atoms with Crippen LogP contribution in [0.5, 0.6) is 0 Å². The maximum absolute atomic E-state index is 13.5. The van der Waals surface area contributed by atoms with Gasteiger partial charge in [-0.05, 0) is 61.6 Å². The molecule has 0 spiro atoms. The van der Waals surface area contributed by atoms with E-state index in [9.17, 15) is 9.59 Å². The minimum Gasteiger partial charge on any atom is -0.330 e. The lowest BCUT2D eigenvalue weighted by Gasteiger charge is -2.38. The van der Waals surface area contributed by atoms with Gasteiger partial charge < -0.3 is 9.80 Å². The normalized spacial score (nSPS) is 21.4. The van der Waals surface area contributed by atoms with Crippen molar-refractivity contribution in [1.82, 2.24) is 9.80 Å². The molecule has 2 aromatic rings. The van der Waals surface area contributed by atoms with E-state index in [0.717, 1.165) is 50.6 Å². The summed E-state index contributed by atoms with van der Waals surface area (Å²) in [5.41, 5.74) is 3.63. The molecule has 5 heteroatoms. The van der Waals surface area contributed by atoms with Gasteiger partial charge in [0.1, 0.15) is 6.54 Å². The molecule has 0 bridgehead atoms. The predicted octanol–water partition coefficient (Wildman–Crippen LogP) is 4.32. The van der Waals surface area contributed by atoms with Gasteiger partial charge in [-0.2, -0.15) is 0 Å². The topological polar surface area (TPSA) is 40.6 Å². The second-order valence-electron chi connectivity index (χ2n) is 8.77. The van der Waals surface area contributed by atoms with E-state index in [1.807, 2.05) is 9.80 Å². The number of amides is 2.